The number of hydrogen-bond donors (Lipinski definition) is 0. The van der Waals surface area contributed by atoms with Gasteiger partial charge in [-0.1, -0.05) is 19.9 Å². The lowest BCUT2D eigenvalue weighted by Crippen LogP contribution is -2.42. The molecular weight excluding hydrogens is 274 g/mol. The molecule has 1 saturated heterocycles. The van der Waals surface area contributed by atoms with Crippen molar-refractivity contribution < 1.29 is 13.2 Å². The van der Waals surface area contributed by atoms with Gasteiger partial charge in [0, 0.05) is 13.1 Å². The minimum atomic E-state index is -3.48. The first-order valence-corrected chi connectivity index (χ1v) is 8.43. The number of rotatable bonds is 3. The molecule has 1 aromatic rings. The highest BCUT2D eigenvalue weighted by molar-refractivity contribution is 7.89. The lowest BCUT2D eigenvalue weighted by atomic mass is 9.94. The van der Waals surface area contributed by atoms with Gasteiger partial charge in [0.15, 0.2) is 0 Å². The standard InChI is InChI=1S/C15H23NO3S/c1-11-5-6-15(14(8-11)19-4)20(17,18)16-9-12(2)7-13(3)10-16/h5-6,8,12-13H,7,9-10H2,1-4H3/t12-,13-/m1/s1. The molecule has 0 aromatic heterocycles. The molecular formula is C15H23NO3S. The fourth-order valence-electron chi connectivity index (χ4n) is 2.93. The van der Waals surface area contributed by atoms with Gasteiger partial charge in [-0.25, -0.2) is 8.42 Å². The van der Waals surface area contributed by atoms with Gasteiger partial charge in [-0.15, -0.1) is 0 Å². The molecule has 4 nitrogen and oxygen atoms in total. The van der Waals surface area contributed by atoms with E-state index < -0.39 is 10.0 Å². The van der Waals surface area contributed by atoms with Crippen LogP contribution in [0.3, 0.4) is 0 Å². The van der Waals surface area contributed by atoms with Gasteiger partial charge in [-0.3, -0.25) is 0 Å². The van der Waals surface area contributed by atoms with E-state index in [4.69, 9.17) is 4.74 Å². The number of sulfonamides is 1. The molecule has 0 spiro atoms. The third kappa shape index (κ3) is 2.99. The lowest BCUT2D eigenvalue weighted by Gasteiger charge is -2.34. The van der Waals surface area contributed by atoms with Gasteiger partial charge in [0.2, 0.25) is 10.0 Å². The van der Waals surface area contributed by atoms with Gasteiger partial charge in [-0.2, -0.15) is 4.31 Å². The van der Waals surface area contributed by atoms with Crippen LogP contribution in [0.15, 0.2) is 23.1 Å². The first-order chi connectivity index (χ1) is 9.34. The van der Waals surface area contributed by atoms with Crippen molar-refractivity contribution in [2.75, 3.05) is 20.2 Å². The Labute approximate surface area is 121 Å². The van der Waals surface area contributed by atoms with Gasteiger partial charge in [0.25, 0.3) is 0 Å². The van der Waals surface area contributed by atoms with E-state index in [0.717, 1.165) is 12.0 Å². The Morgan fingerprint density at radius 1 is 1.20 bits per heavy atom. The minimum absolute atomic E-state index is 0.270. The summed E-state index contributed by atoms with van der Waals surface area (Å²) in [6, 6.07) is 5.23. The molecule has 0 aliphatic carbocycles. The molecule has 1 aromatic carbocycles. The smallest absolute Gasteiger partial charge is 0.246 e. The van der Waals surface area contributed by atoms with Crippen molar-refractivity contribution in [3.8, 4) is 5.75 Å². The summed E-state index contributed by atoms with van der Waals surface area (Å²) in [5.41, 5.74) is 0.987. The molecule has 0 N–H and O–H groups in total. The maximum Gasteiger partial charge on any atom is 0.246 e. The highest BCUT2D eigenvalue weighted by Gasteiger charge is 2.33. The predicted molar refractivity (Wildman–Crippen MR) is 79.4 cm³/mol. The van der Waals surface area contributed by atoms with Crippen LogP contribution in [0.25, 0.3) is 0 Å². The highest BCUT2D eigenvalue weighted by Crippen LogP contribution is 2.31. The zero-order valence-corrected chi connectivity index (χ0v) is 13.4. The quantitative estimate of drug-likeness (QED) is 0.861. The lowest BCUT2D eigenvalue weighted by molar-refractivity contribution is 0.222. The summed E-state index contributed by atoms with van der Waals surface area (Å²) in [6.07, 6.45) is 1.08. The van der Waals surface area contributed by atoms with E-state index in [0.29, 0.717) is 30.7 Å². The molecule has 2 atom stereocenters. The van der Waals surface area contributed by atoms with Crippen LogP contribution in [0.5, 0.6) is 5.75 Å². The first-order valence-electron chi connectivity index (χ1n) is 6.99. The summed E-state index contributed by atoms with van der Waals surface area (Å²) >= 11 is 0. The van der Waals surface area contributed by atoms with Crippen molar-refractivity contribution in [3.63, 3.8) is 0 Å². The van der Waals surface area contributed by atoms with Crippen LogP contribution < -0.4 is 4.74 Å². The summed E-state index contributed by atoms with van der Waals surface area (Å²) in [6.45, 7) is 7.30. The van der Waals surface area contributed by atoms with Gasteiger partial charge in [0.1, 0.15) is 10.6 Å². The molecule has 0 saturated carbocycles. The molecule has 0 bridgehead atoms. The Morgan fingerprint density at radius 3 is 2.35 bits per heavy atom. The minimum Gasteiger partial charge on any atom is -0.495 e. The fraction of sp³-hybridized carbons (Fsp3) is 0.600. The average Bonchev–Trinajstić information content (AvgIpc) is 2.37. The van der Waals surface area contributed by atoms with Gasteiger partial charge in [-0.05, 0) is 42.9 Å². The molecule has 1 aliphatic heterocycles. The van der Waals surface area contributed by atoms with E-state index in [2.05, 4.69) is 13.8 Å². The number of hydrogen-bond acceptors (Lipinski definition) is 3. The molecule has 1 aliphatic rings. The molecule has 112 valence electrons. The van der Waals surface area contributed by atoms with Crippen molar-refractivity contribution in [2.24, 2.45) is 11.8 Å². The van der Waals surface area contributed by atoms with E-state index in [1.807, 2.05) is 13.0 Å². The Bertz CT molecular complexity index is 573. The van der Waals surface area contributed by atoms with Crippen LogP contribution in [0.2, 0.25) is 0 Å². The largest absolute Gasteiger partial charge is 0.495 e. The van der Waals surface area contributed by atoms with E-state index in [9.17, 15) is 8.42 Å². The third-order valence-electron chi connectivity index (χ3n) is 3.77. The molecule has 0 radical (unpaired) electrons. The monoisotopic (exact) mass is 297 g/mol. The Balaban J connectivity index is 2.39. The van der Waals surface area contributed by atoms with Crippen LogP contribution in [-0.4, -0.2) is 32.9 Å². The van der Waals surface area contributed by atoms with Gasteiger partial charge >= 0.3 is 0 Å². The number of aryl methyl sites for hydroxylation is 1. The zero-order chi connectivity index (χ0) is 14.9. The summed E-state index contributed by atoms with van der Waals surface area (Å²) in [7, 11) is -1.97. The van der Waals surface area contributed by atoms with Crippen LogP contribution in [0, 0.1) is 18.8 Å². The number of nitrogens with zero attached hydrogens (tertiary/aromatic N) is 1. The van der Waals surface area contributed by atoms with Gasteiger partial charge in [0.05, 0.1) is 7.11 Å². The van der Waals surface area contributed by atoms with Crippen molar-refractivity contribution in [1.29, 1.82) is 0 Å². The second-order valence-corrected chi connectivity index (χ2v) is 7.83. The molecule has 20 heavy (non-hydrogen) atoms. The van der Waals surface area contributed by atoms with Crippen LogP contribution in [0.1, 0.15) is 25.8 Å². The van der Waals surface area contributed by atoms with Crippen molar-refractivity contribution >= 4 is 10.0 Å². The summed E-state index contributed by atoms with van der Waals surface area (Å²) in [5, 5.41) is 0. The Kier molecular flexibility index (Phi) is 4.39. The normalized spacial score (nSPS) is 24.6. The van der Waals surface area contributed by atoms with E-state index in [1.54, 1.807) is 16.4 Å². The second-order valence-electron chi connectivity index (χ2n) is 5.92. The average molecular weight is 297 g/mol. The molecule has 5 heteroatoms. The second kappa shape index (κ2) is 5.74. The number of ether oxygens (including phenoxy) is 1. The fourth-order valence-corrected chi connectivity index (χ4v) is 4.75. The summed E-state index contributed by atoms with van der Waals surface area (Å²) < 4.78 is 32.5. The predicted octanol–water partition coefficient (Wildman–Crippen LogP) is 2.67. The number of piperidine rings is 1. The number of benzene rings is 1. The molecule has 0 amide bonds. The van der Waals surface area contributed by atoms with Crippen molar-refractivity contribution in [1.82, 2.24) is 4.31 Å². The van der Waals surface area contributed by atoms with Crippen LogP contribution >= 0.6 is 0 Å². The molecule has 0 unspecified atom stereocenters. The number of methoxy groups -OCH3 is 1. The van der Waals surface area contributed by atoms with E-state index in [1.165, 1.54) is 7.11 Å². The maximum atomic E-state index is 12.8. The van der Waals surface area contributed by atoms with Crippen molar-refractivity contribution in [3.05, 3.63) is 23.8 Å². The van der Waals surface area contributed by atoms with Gasteiger partial charge < -0.3 is 4.74 Å². The van der Waals surface area contributed by atoms with E-state index in [-0.39, 0.29) is 4.90 Å². The molecule has 1 fully saturated rings. The Morgan fingerprint density at radius 2 is 1.80 bits per heavy atom. The summed E-state index contributed by atoms with van der Waals surface area (Å²) in [5.74, 6) is 1.21. The maximum absolute atomic E-state index is 12.8. The Hall–Kier alpha value is -1.07. The highest BCUT2D eigenvalue weighted by atomic mass is 32.2. The summed E-state index contributed by atoms with van der Waals surface area (Å²) in [4.78, 5) is 0.270. The third-order valence-corrected chi connectivity index (χ3v) is 5.64. The SMILES string of the molecule is COc1cc(C)ccc1S(=O)(=O)N1C[C@H](C)C[C@@H](C)C1. The van der Waals surface area contributed by atoms with Crippen molar-refractivity contribution in [2.45, 2.75) is 32.1 Å². The van der Waals surface area contributed by atoms with Crippen LogP contribution in [0.4, 0.5) is 0 Å². The topological polar surface area (TPSA) is 46.6 Å². The van der Waals surface area contributed by atoms with E-state index >= 15 is 0 Å². The van der Waals surface area contributed by atoms with Crippen LogP contribution in [-0.2, 0) is 10.0 Å². The first kappa shape index (κ1) is 15.3. The zero-order valence-electron chi connectivity index (χ0n) is 12.6. The molecule has 1 heterocycles. The molecule has 2 rings (SSSR count).